The fraction of sp³-hybridized carbons (Fsp3) is 0.190. The summed E-state index contributed by atoms with van der Waals surface area (Å²) >= 11 is 6.00. The molecule has 6 heteroatoms. The summed E-state index contributed by atoms with van der Waals surface area (Å²) in [6.07, 6.45) is 0. The smallest absolute Gasteiger partial charge is 0.253 e. The molecule has 3 aromatic rings. The largest absolute Gasteiger partial charge is 0.383 e. The highest BCUT2D eigenvalue weighted by atomic mass is 35.5. The highest BCUT2D eigenvalue weighted by molar-refractivity contribution is 6.30. The lowest BCUT2D eigenvalue weighted by Gasteiger charge is -2.13. The van der Waals surface area contributed by atoms with Gasteiger partial charge in [-0.05, 0) is 42.8 Å². The molecule has 1 aromatic heterocycles. The summed E-state index contributed by atoms with van der Waals surface area (Å²) in [7, 11) is 1.57. The predicted molar refractivity (Wildman–Crippen MR) is 105 cm³/mol. The Morgan fingerprint density at radius 2 is 1.89 bits per heavy atom. The van der Waals surface area contributed by atoms with E-state index < -0.39 is 0 Å². The van der Waals surface area contributed by atoms with E-state index in [1.54, 1.807) is 55.0 Å². The second kappa shape index (κ2) is 8.37. The molecular weight excluding hydrogens is 367 g/mol. The number of nitrogens with zero attached hydrogens (tertiary/aromatic N) is 1. The molecule has 0 atom stereocenters. The van der Waals surface area contributed by atoms with Crippen LogP contribution in [-0.2, 0) is 4.74 Å². The lowest BCUT2D eigenvalue weighted by molar-refractivity contribution is 0.0936. The molecule has 0 aliphatic rings. The normalized spacial score (nSPS) is 10.8. The first-order chi connectivity index (χ1) is 13.0. The Kier molecular flexibility index (Phi) is 5.94. The minimum absolute atomic E-state index is 0.227. The quantitative estimate of drug-likeness (QED) is 0.628. The van der Waals surface area contributed by atoms with Gasteiger partial charge in [-0.15, -0.1) is 0 Å². The van der Waals surface area contributed by atoms with Gasteiger partial charge in [0.05, 0.1) is 23.6 Å². The number of carbonyl (C=O) groups is 1. The minimum atomic E-state index is -0.363. The van der Waals surface area contributed by atoms with Crippen LogP contribution in [0, 0.1) is 12.7 Å². The maximum Gasteiger partial charge on any atom is 0.253 e. The maximum atomic E-state index is 14.5. The van der Waals surface area contributed by atoms with Crippen LogP contribution in [0.25, 0.3) is 16.9 Å². The highest BCUT2D eigenvalue weighted by Gasteiger charge is 2.21. The van der Waals surface area contributed by atoms with E-state index in [9.17, 15) is 9.18 Å². The Morgan fingerprint density at radius 1 is 1.19 bits per heavy atom. The van der Waals surface area contributed by atoms with Crippen LogP contribution in [0.4, 0.5) is 4.39 Å². The van der Waals surface area contributed by atoms with Gasteiger partial charge in [-0.3, -0.25) is 4.79 Å². The van der Waals surface area contributed by atoms with E-state index in [4.69, 9.17) is 16.3 Å². The number of para-hydroxylation sites is 1. The van der Waals surface area contributed by atoms with Crippen LogP contribution in [0.2, 0.25) is 5.02 Å². The first-order valence-electron chi connectivity index (χ1n) is 8.53. The van der Waals surface area contributed by atoms with Gasteiger partial charge in [0.2, 0.25) is 0 Å². The number of amides is 1. The van der Waals surface area contributed by atoms with Gasteiger partial charge in [-0.2, -0.15) is 0 Å². The molecule has 1 amide bonds. The molecule has 0 spiro atoms. The fourth-order valence-corrected chi connectivity index (χ4v) is 3.10. The van der Waals surface area contributed by atoms with Crippen molar-refractivity contribution in [2.45, 2.75) is 6.92 Å². The monoisotopic (exact) mass is 386 g/mol. The van der Waals surface area contributed by atoms with Crippen LogP contribution in [0.15, 0.2) is 54.6 Å². The molecule has 0 unspecified atom stereocenters. The average molecular weight is 387 g/mol. The molecule has 3 rings (SSSR count). The number of methoxy groups -OCH3 is 1. The van der Waals surface area contributed by atoms with Gasteiger partial charge in [0.15, 0.2) is 0 Å². The van der Waals surface area contributed by atoms with Gasteiger partial charge in [-0.25, -0.2) is 4.39 Å². The van der Waals surface area contributed by atoms with E-state index in [1.807, 2.05) is 12.1 Å². The molecule has 0 bridgehead atoms. The van der Waals surface area contributed by atoms with Crippen molar-refractivity contribution < 1.29 is 13.9 Å². The molecule has 140 valence electrons. The van der Waals surface area contributed by atoms with Crippen molar-refractivity contribution in [2.75, 3.05) is 20.3 Å². The molecule has 27 heavy (non-hydrogen) atoms. The Hall–Kier alpha value is -2.63. The maximum absolute atomic E-state index is 14.5. The van der Waals surface area contributed by atoms with Crippen molar-refractivity contribution in [1.29, 1.82) is 0 Å². The zero-order valence-electron chi connectivity index (χ0n) is 15.1. The molecule has 1 heterocycles. The Bertz CT molecular complexity index is 951. The molecular formula is C21H20ClFN2O2. The van der Waals surface area contributed by atoms with Gasteiger partial charge in [0.25, 0.3) is 5.91 Å². The SMILES string of the molecule is COCCNC(=O)c1cc(-c2ccc(Cl)cc2)n(-c2ccccc2F)c1C. The summed E-state index contributed by atoms with van der Waals surface area (Å²) in [5.74, 6) is -0.590. The first kappa shape index (κ1) is 19.1. The first-order valence-corrected chi connectivity index (χ1v) is 8.91. The lowest BCUT2D eigenvalue weighted by Crippen LogP contribution is -2.27. The minimum Gasteiger partial charge on any atom is -0.383 e. The van der Waals surface area contributed by atoms with Gasteiger partial charge in [0.1, 0.15) is 5.82 Å². The third-order valence-corrected chi connectivity index (χ3v) is 4.57. The number of halogens is 2. The summed E-state index contributed by atoms with van der Waals surface area (Å²) in [6.45, 7) is 2.62. The summed E-state index contributed by atoms with van der Waals surface area (Å²) in [6, 6.07) is 15.5. The lowest BCUT2D eigenvalue weighted by atomic mass is 10.1. The molecule has 0 radical (unpaired) electrons. The summed E-state index contributed by atoms with van der Waals surface area (Å²) in [4.78, 5) is 12.6. The number of rotatable bonds is 6. The van der Waals surface area contributed by atoms with E-state index in [2.05, 4.69) is 5.32 Å². The van der Waals surface area contributed by atoms with E-state index in [0.717, 1.165) is 5.56 Å². The van der Waals surface area contributed by atoms with Gasteiger partial charge in [0, 0.05) is 24.4 Å². The molecule has 0 aliphatic carbocycles. The van der Waals surface area contributed by atoms with Crippen molar-refractivity contribution >= 4 is 17.5 Å². The standard InChI is InChI=1S/C21H20ClFN2O2/c1-14-17(21(26)24-11-12-27-2)13-20(15-7-9-16(22)10-8-15)25(14)19-6-4-3-5-18(19)23/h3-10,13H,11-12H2,1-2H3,(H,24,26). The van der Waals surface area contributed by atoms with Crippen LogP contribution in [0.5, 0.6) is 0 Å². The highest BCUT2D eigenvalue weighted by Crippen LogP contribution is 2.31. The molecule has 4 nitrogen and oxygen atoms in total. The van der Waals surface area contributed by atoms with Gasteiger partial charge in [-0.1, -0.05) is 35.9 Å². The van der Waals surface area contributed by atoms with Crippen molar-refractivity contribution in [3.63, 3.8) is 0 Å². The molecule has 0 saturated heterocycles. The molecule has 0 saturated carbocycles. The number of nitrogens with one attached hydrogen (secondary N) is 1. The number of hydrogen-bond donors (Lipinski definition) is 1. The van der Waals surface area contributed by atoms with Crippen LogP contribution in [0.3, 0.4) is 0 Å². The second-order valence-corrected chi connectivity index (χ2v) is 6.51. The predicted octanol–water partition coefficient (Wildman–Crippen LogP) is 4.62. The topological polar surface area (TPSA) is 43.3 Å². The summed E-state index contributed by atoms with van der Waals surface area (Å²) in [5.41, 5.74) is 3.07. The van der Waals surface area contributed by atoms with Crippen LogP contribution in [0.1, 0.15) is 16.1 Å². The van der Waals surface area contributed by atoms with Crippen molar-refractivity contribution in [3.8, 4) is 16.9 Å². The molecule has 0 fully saturated rings. The third kappa shape index (κ3) is 4.04. The van der Waals surface area contributed by atoms with Crippen molar-refractivity contribution in [1.82, 2.24) is 9.88 Å². The Balaban J connectivity index is 2.13. The number of carbonyl (C=O) groups excluding carboxylic acids is 1. The Morgan fingerprint density at radius 3 is 2.56 bits per heavy atom. The molecule has 1 N–H and O–H groups in total. The van der Waals surface area contributed by atoms with E-state index in [1.165, 1.54) is 6.07 Å². The van der Waals surface area contributed by atoms with Gasteiger partial charge >= 0.3 is 0 Å². The zero-order valence-corrected chi connectivity index (χ0v) is 15.9. The Labute approximate surface area is 162 Å². The molecule has 2 aromatic carbocycles. The van der Waals surface area contributed by atoms with Crippen LogP contribution >= 0.6 is 11.6 Å². The van der Waals surface area contributed by atoms with Crippen LogP contribution in [-0.4, -0.2) is 30.7 Å². The second-order valence-electron chi connectivity index (χ2n) is 6.07. The average Bonchev–Trinajstić information content (AvgIpc) is 3.00. The number of ether oxygens (including phenoxy) is 1. The number of hydrogen-bond acceptors (Lipinski definition) is 2. The van der Waals surface area contributed by atoms with E-state index >= 15 is 0 Å². The van der Waals surface area contributed by atoms with Gasteiger partial charge < -0.3 is 14.6 Å². The third-order valence-electron chi connectivity index (χ3n) is 4.32. The summed E-state index contributed by atoms with van der Waals surface area (Å²) in [5, 5.41) is 3.42. The molecule has 0 aliphatic heterocycles. The zero-order chi connectivity index (χ0) is 19.4. The van der Waals surface area contributed by atoms with Crippen molar-refractivity contribution in [3.05, 3.63) is 76.7 Å². The van der Waals surface area contributed by atoms with Crippen LogP contribution < -0.4 is 5.32 Å². The van der Waals surface area contributed by atoms with E-state index in [-0.39, 0.29) is 11.7 Å². The van der Waals surface area contributed by atoms with E-state index in [0.29, 0.717) is 40.8 Å². The summed E-state index contributed by atoms with van der Waals surface area (Å²) < 4.78 is 21.2. The fourth-order valence-electron chi connectivity index (χ4n) is 2.98. The van der Waals surface area contributed by atoms with Crippen molar-refractivity contribution in [2.24, 2.45) is 0 Å². The number of benzene rings is 2. The number of aromatic nitrogens is 1.